The van der Waals surface area contributed by atoms with E-state index in [4.69, 9.17) is 0 Å². The molecule has 0 unspecified atom stereocenters. The number of anilines is 1. The van der Waals surface area contributed by atoms with Gasteiger partial charge in [0.2, 0.25) is 11.8 Å². The molecule has 1 saturated heterocycles. The highest BCUT2D eigenvalue weighted by atomic mass is 32.2. The van der Waals surface area contributed by atoms with Gasteiger partial charge < -0.3 is 15.5 Å². The van der Waals surface area contributed by atoms with Crippen LogP contribution in [0, 0.1) is 5.41 Å². The van der Waals surface area contributed by atoms with Crippen molar-refractivity contribution in [3.05, 3.63) is 48.0 Å². The van der Waals surface area contributed by atoms with Crippen LogP contribution in [0.4, 0.5) is 5.69 Å². The normalized spacial score (nSPS) is 20.3. The lowest BCUT2D eigenvalue weighted by atomic mass is 9.92. The molecule has 3 amide bonds. The predicted molar refractivity (Wildman–Crippen MR) is 128 cm³/mol. The zero-order valence-electron chi connectivity index (χ0n) is 18.9. The lowest BCUT2D eigenvalue weighted by Crippen LogP contribution is -2.41. The summed E-state index contributed by atoms with van der Waals surface area (Å²) in [6.45, 7) is 6.36. The maximum absolute atomic E-state index is 13.4. The third kappa shape index (κ3) is 4.67. The SMILES string of the molecule is CSc1ccc(-c2ccc3c(c2)C(=O)N2C[C@@H](NC(=O)CC(C)(C)C)C[C@H]2C(=O)N3)cc1. The number of carbonyl (C=O) groups is 3. The third-order valence-electron chi connectivity index (χ3n) is 5.85. The van der Waals surface area contributed by atoms with Gasteiger partial charge >= 0.3 is 0 Å². The van der Waals surface area contributed by atoms with E-state index < -0.39 is 6.04 Å². The first kappa shape index (κ1) is 22.4. The van der Waals surface area contributed by atoms with Gasteiger partial charge in [0.15, 0.2) is 0 Å². The highest BCUT2D eigenvalue weighted by Gasteiger charge is 2.43. The fourth-order valence-electron chi connectivity index (χ4n) is 4.34. The summed E-state index contributed by atoms with van der Waals surface area (Å²) >= 11 is 1.68. The number of hydrogen-bond donors (Lipinski definition) is 2. The smallest absolute Gasteiger partial charge is 0.256 e. The van der Waals surface area contributed by atoms with Gasteiger partial charge in [0.25, 0.3) is 5.91 Å². The number of benzene rings is 2. The van der Waals surface area contributed by atoms with Gasteiger partial charge in [-0.25, -0.2) is 0 Å². The largest absolute Gasteiger partial charge is 0.351 e. The minimum absolute atomic E-state index is 0.0515. The first-order valence-corrected chi connectivity index (χ1v) is 12.1. The van der Waals surface area contributed by atoms with Crippen molar-refractivity contribution in [3.8, 4) is 11.1 Å². The Morgan fingerprint density at radius 2 is 1.81 bits per heavy atom. The molecule has 7 heteroatoms. The van der Waals surface area contributed by atoms with Crippen LogP contribution in [0.25, 0.3) is 11.1 Å². The number of nitrogens with one attached hydrogen (secondary N) is 2. The van der Waals surface area contributed by atoms with Crippen molar-refractivity contribution in [1.82, 2.24) is 10.2 Å². The molecule has 0 aromatic heterocycles. The Hall–Kier alpha value is -2.80. The molecule has 0 aliphatic carbocycles. The van der Waals surface area contributed by atoms with E-state index >= 15 is 0 Å². The Bertz CT molecular complexity index is 1060. The number of carbonyl (C=O) groups excluding carboxylic acids is 3. The zero-order chi connectivity index (χ0) is 23.0. The van der Waals surface area contributed by atoms with Crippen LogP contribution in [0.5, 0.6) is 0 Å². The van der Waals surface area contributed by atoms with Crippen LogP contribution in [0.15, 0.2) is 47.4 Å². The van der Waals surface area contributed by atoms with Crippen molar-refractivity contribution in [1.29, 1.82) is 0 Å². The van der Waals surface area contributed by atoms with Crippen molar-refractivity contribution in [2.75, 3.05) is 18.1 Å². The lowest BCUT2D eigenvalue weighted by molar-refractivity contribution is -0.123. The van der Waals surface area contributed by atoms with Crippen LogP contribution in [-0.4, -0.2) is 47.5 Å². The van der Waals surface area contributed by atoms with E-state index in [2.05, 4.69) is 22.8 Å². The zero-order valence-corrected chi connectivity index (χ0v) is 19.7. The highest BCUT2D eigenvalue weighted by molar-refractivity contribution is 7.98. The van der Waals surface area contributed by atoms with E-state index in [0.717, 1.165) is 11.1 Å². The minimum atomic E-state index is -0.584. The van der Waals surface area contributed by atoms with Crippen molar-refractivity contribution < 1.29 is 14.4 Å². The first-order chi connectivity index (χ1) is 15.1. The molecule has 0 bridgehead atoms. The molecule has 2 heterocycles. The van der Waals surface area contributed by atoms with E-state index in [0.29, 0.717) is 30.6 Å². The van der Waals surface area contributed by atoms with Gasteiger partial charge in [-0.3, -0.25) is 14.4 Å². The van der Waals surface area contributed by atoms with Crippen LogP contribution in [0.2, 0.25) is 0 Å². The molecule has 4 rings (SSSR count). The number of rotatable bonds is 4. The standard InChI is InChI=1S/C25H29N3O3S/c1-25(2,3)13-22(29)26-17-12-21-23(30)27-20-10-7-16(11-19(20)24(31)28(21)14-17)15-5-8-18(32-4)9-6-15/h5-11,17,21H,12-14H2,1-4H3,(H,26,29)(H,27,30)/t17-,21-/m0/s1. The summed E-state index contributed by atoms with van der Waals surface area (Å²) in [5, 5.41) is 5.93. The molecule has 0 spiro atoms. The van der Waals surface area contributed by atoms with Gasteiger partial charge in [-0.2, -0.15) is 0 Å². The summed E-state index contributed by atoms with van der Waals surface area (Å²) in [6.07, 6.45) is 2.85. The summed E-state index contributed by atoms with van der Waals surface area (Å²) in [5.74, 6) is -0.440. The number of fused-ring (bicyclic) bond motifs is 2. The van der Waals surface area contributed by atoms with Crippen LogP contribution < -0.4 is 10.6 Å². The Kier molecular flexibility index (Phi) is 6.03. The summed E-state index contributed by atoms with van der Waals surface area (Å²) in [7, 11) is 0. The quantitative estimate of drug-likeness (QED) is 0.684. The van der Waals surface area contributed by atoms with E-state index in [1.807, 2.05) is 51.3 Å². The molecule has 2 aliphatic rings. The fraction of sp³-hybridized carbons (Fsp3) is 0.400. The molecule has 2 aromatic rings. The second-order valence-electron chi connectivity index (χ2n) is 9.69. The van der Waals surface area contributed by atoms with Gasteiger partial charge in [-0.1, -0.05) is 39.0 Å². The molecule has 6 nitrogen and oxygen atoms in total. The Labute approximate surface area is 193 Å². The summed E-state index contributed by atoms with van der Waals surface area (Å²) in [4.78, 5) is 41.4. The van der Waals surface area contributed by atoms with Gasteiger partial charge in [0.1, 0.15) is 6.04 Å². The van der Waals surface area contributed by atoms with Crippen molar-refractivity contribution in [2.24, 2.45) is 5.41 Å². The average Bonchev–Trinajstić information content (AvgIpc) is 3.12. The van der Waals surface area contributed by atoms with Crippen molar-refractivity contribution in [3.63, 3.8) is 0 Å². The van der Waals surface area contributed by atoms with Crippen LogP contribution in [0.3, 0.4) is 0 Å². The maximum atomic E-state index is 13.4. The Morgan fingerprint density at radius 1 is 1.12 bits per heavy atom. The topological polar surface area (TPSA) is 78.5 Å². The summed E-state index contributed by atoms with van der Waals surface area (Å²) in [6, 6.07) is 12.9. The Morgan fingerprint density at radius 3 is 2.47 bits per heavy atom. The number of hydrogen-bond acceptors (Lipinski definition) is 4. The number of thioether (sulfide) groups is 1. The van der Waals surface area contributed by atoms with Crippen LogP contribution >= 0.6 is 11.8 Å². The first-order valence-electron chi connectivity index (χ1n) is 10.8. The second-order valence-corrected chi connectivity index (χ2v) is 10.6. The lowest BCUT2D eigenvalue weighted by Gasteiger charge is -2.21. The molecule has 0 saturated carbocycles. The minimum Gasteiger partial charge on any atom is -0.351 e. The molecule has 1 fully saturated rings. The number of nitrogens with zero attached hydrogens (tertiary/aromatic N) is 1. The fourth-order valence-corrected chi connectivity index (χ4v) is 4.75. The molecule has 2 atom stereocenters. The van der Waals surface area contributed by atoms with Crippen molar-refractivity contribution in [2.45, 2.75) is 50.6 Å². The third-order valence-corrected chi connectivity index (χ3v) is 6.60. The van der Waals surface area contributed by atoms with E-state index in [1.54, 1.807) is 22.7 Å². The molecular weight excluding hydrogens is 422 g/mol. The van der Waals surface area contributed by atoms with Crippen LogP contribution in [-0.2, 0) is 9.59 Å². The van der Waals surface area contributed by atoms with E-state index in [9.17, 15) is 14.4 Å². The highest BCUT2D eigenvalue weighted by Crippen LogP contribution is 2.33. The monoisotopic (exact) mass is 451 g/mol. The summed E-state index contributed by atoms with van der Waals surface area (Å²) in [5.41, 5.74) is 2.83. The van der Waals surface area contributed by atoms with E-state index in [-0.39, 0.29) is 29.2 Å². The predicted octanol–water partition coefficient (Wildman–Crippen LogP) is 4.16. The maximum Gasteiger partial charge on any atom is 0.256 e. The van der Waals surface area contributed by atoms with Crippen molar-refractivity contribution >= 4 is 35.2 Å². The molecular formula is C25H29N3O3S. The molecule has 168 valence electrons. The summed E-state index contributed by atoms with van der Waals surface area (Å²) < 4.78 is 0. The molecule has 32 heavy (non-hydrogen) atoms. The molecule has 2 aromatic carbocycles. The van der Waals surface area contributed by atoms with Crippen LogP contribution in [0.1, 0.15) is 44.0 Å². The molecule has 2 aliphatic heterocycles. The van der Waals surface area contributed by atoms with Gasteiger partial charge in [-0.05, 0) is 53.5 Å². The number of amides is 3. The average molecular weight is 452 g/mol. The van der Waals surface area contributed by atoms with E-state index in [1.165, 1.54) is 4.90 Å². The molecule has 0 radical (unpaired) electrons. The van der Waals surface area contributed by atoms with Gasteiger partial charge in [0, 0.05) is 23.9 Å². The Balaban J connectivity index is 1.57. The van der Waals surface area contributed by atoms with Gasteiger partial charge in [-0.15, -0.1) is 11.8 Å². The van der Waals surface area contributed by atoms with Gasteiger partial charge in [0.05, 0.1) is 11.3 Å². The molecule has 2 N–H and O–H groups in total. The second kappa shape index (κ2) is 8.62.